The van der Waals surface area contributed by atoms with Crippen molar-refractivity contribution in [1.29, 1.82) is 0 Å². The topological polar surface area (TPSA) is 21.6 Å². The molecule has 2 aliphatic carbocycles. The molecule has 0 amide bonds. The predicted octanol–water partition coefficient (Wildman–Crippen LogP) is 5.37. The average molecular weight is 419 g/mol. The van der Waals surface area contributed by atoms with Crippen LogP contribution in [-0.4, -0.2) is 18.5 Å². The average Bonchev–Trinajstić information content (AvgIpc) is 3.38. The van der Waals surface area contributed by atoms with Crippen molar-refractivity contribution in [3.05, 3.63) is 92.9 Å². The Labute approximate surface area is 180 Å². The third-order valence-corrected chi connectivity index (χ3v) is 5.24. The number of rotatable bonds is 3. The van der Waals surface area contributed by atoms with Gasteiger partial charge in [-0.05, 0) is 63.5 Å². The molecule has 27 heavy (non-hydrogen) atoms. The Morgan fingerprint density at radius 2 is 1.56 bits per heavy atom. The van der Waals surface area contributed by atoms with Crippen LogP contribution in [0.3, 0.4) is 0 Å². The summed E-state index contributed by atoms with van der Waals surface area (Å²) in [5.74, 6) is 1.90. The van der Waals surface area contributed by atoms with Crippen LogP contribution in [0.4, 0.5) is 0 Å². The van der Waals surface area contributed by atoms with Gasteiger partial charge < -0.3 is 4.74 Å². The molecule has 2 fully saturated rings. The molecule has 4 heteroatoms. The molecule has 140 valence electrons. The summed E-state index contributed by atoms with van der Waals surface area (Å²) in [6, 6.07) is 10.4. The normalized spacial score (nSPS) is 23.2. The molecule has 3 aliphatic rings. The maximum atomic E-state index is 6.09. The van der Waals surface area contributed by atoms with Crippen LogP contribution >= 0.6 is 11.8 Å². The van der Waals surface area contributed by atoms with Crippen molar-refractivity contribution < 1.29 is 21.8 Å². The summed E-state index contributed by atoms with van der Waals surface area (Å²) in [7, 11) is 0. The number of ether oxygens (including phenoxy) is 1. The molecule has 0 unspecified atom stereocenters. The maximum absolute atomic E-state index is 6.09. The zero-order valence-electron chi connectivity index (χ0n) is 15.9. The van der Waals surface area contributed by atoms with Crippen LogP contribution in [0, 0.1) is 67.9 Å². The Hall–Kier alpha value is -0.441. The quantitative estimate of drug-likeness (QED) is 0.614. The van der Waals surface area contributed by atoms with E-state index in [1.165, 1.54) is 10.1 Å². The van der Waals surface area contributed by atoms with Crippen molar-refractivity contribution in [1.82, 2.24) is 0 Å². The second-order valence-corrected chi connectivity index (χ2v) is 8.41. The molecule has 1 aromatic carbocycles. The third-order valence-electron chi connectivity index (χ3n) is 4.15. The molecule has 0 N–H and O–H groups in total. The number of benzene rings is 1. The Bertz CT molecular complexity index is 572. The van der Waals surface area contributed by atoms with Crippen molar-refractivity contribution in [3.63, 3.8) is 0 Å². The Morgan fingerprint density at radius 3 is 2.11 bits per heavy atom. The first-order valence-electron chi connectivity index (χ1n) is 8.91. The summed E-state index contributed by atoms with van der Waals surface area (Å²) < 4.78 is 6.09. The van der Waals surface area contributed by atoms with Gasteiger partial charge in [-0.2, -0.15) is 0 Å². The molecular weight excluding hydrogens is 394 g/mol. The first-order valence-corrected chi connectivity index (χ1v) is 9.72. The molecule has 1 heterocycles. The van der Waals surface area contributed by atoms with E-state index in [-0.39, 0.29) is 28.6 Å². The van der Waals surface area contributed by atoms with Crippen LogP contribution in [0.1, 0.15) is 20.8 Å². The number of aliphatic imine (C=N–C) groups is 1. The molecule has 0 bridgehead atoms. The molecule has 0 saturated heterocycles. The van der Waals surface area contributed by atoms with E-state index in [9.17, 15) is 0 Å². The third kappa shape index (κ3) is 6.83. The molecule has 1 aromatic rings. The molecular formula is C23H25FeNOS+2. The van der Waals surface area contributed by atoms with Crippen molar-refractivity contribution in [2.45, 2.75) is 31.8 Å². The van der Waals surface area contributed by atoms with Gasteiger partial charge >= 0.3 is 17.1 Å². The predicted molar refractivity (Wildman–Crippen MR) is 110 cm³/mol. The zero-order valence-corrected chi connectivity index (χ0v) is 17.8. The van der Waals surface area contributed by atoms with Crippen LogP contribution < -0.4 is 0 Å². The van der Waals surface area contributed by atoms with Crippen molar-refractivity contribution in [3.8, 4) is 0 Å². The van der Waals surface area contributed by atoms with E-state index in [1.807, 2.05) is 38.2 Å². The Morgan fingerprint density at radius 1 is 0.926 bits per heavy atom. The van der Waals surface area contributed by atoms with Crippen LogP contribution in [0.25, 0.3) is 0 Å². The van der Waals surface area contributed by atoms with Gasteiger partial charge in [0.1, 0.15) is 6.10 Å². The first-order chi connectivity index (χ1) is 12.5. The summed E-state index contributed by atoms with van der Waals surface area (Å²) in [5.41, 5.74) is 0.116. The Kier molecular flexibility index (Phi) is 9.25. The monoisotopic (exact) mass is 419 g/mol. The van der Waals surface area contributed by atoms with E-state index in [2.05, 4.69) is 69.3 Å². The molecule has 1 atom stereocenters. The van der Waals surface area contributed by atoms with Gasteiger partial charge in [0.25, 0.3) is 0 Å². The molecule has 0 aromatic heterocycles. The van der Waals surface area contributed by atoms with Gasteiger partial charge in [-0.15, -0.1) is 11.8 Å². The number of nitrogens with zero attached hydrogens (tertiary/aromatic N) is 1. The van der Waals surface area contributed by atoms with Crippen LogP contribution in [0.2, 0.25) is 0 Å². The van der Waals surface area contributed by atoms with Crippen LogP contribution in [0.15, 0.2) is 40.2 Å². The van der Waals surface area contributed by atoms with Gasteiger partial charge in [0, 0.05) is 10.3 Å². The fourth-order valence-corrected chi connectivity index (χ4v) is 3.54. The fraction of sp³-hybridized carbons (Fsp3) is 0.261. The first kappa shape index (κ1) is 22.8. The molecule has 1 aliphatic heterocycles. The molecule has 2 saturated carbocycles. The smallest absolute Gasteiger partial charge is 0.475 e. The van der Waals surface area contributed by atoms with Crippen molar-refractivity contribution in [2.24, 2.45) is 10.4 Å². The second-order valence-electron chi connectivity index (χ2n) is 7.30. The van der Waals surface area contributed by atoms with E-state index in [0.717, 1.165) is 18.4 Å². The van der Waals surface area contributed by atoms with Crippen LogP contribution in [-0.2, 0) is 21.8 Å². The van der Waals surface area contributed by atoms with E-state index in [0.29, 0.717) is 0 Å². The Balaban J connectivity index is 0.000000379. The molecule has 4 rings (SSSR count). The van der Waals surface area contributed by atoms with Crippen LogP contribution in [0.5, 0.6) is 0 Å². The van der Waals surface area contributed by atoms with Gasteiger partial charge in [-0.25, -0.2) is 0 Å². The minimum Gasteiger partial charge on any atom is -0.475 e. The minimum absolute atomic E-state index is 0. The largest absolute Gasteiger partial charge is 2.00 e. The van der Waals surface area contributed by atoms with Gasteiger partial charge in [-0.3, -0.25) is 4.99 Å². The van der Waals surface area contributed by atoms with Crippen molar-refractivity contribution >= 4 is 17.7 Å². The van der Waals surface area contributed by atoms with Gasteiger partial charge in [0.2, 0.25) is 0 Å². The molecule has 10 radical (unpaired) electrons. The van der Waals surface area contributed by atoms with Gasteiger partial charge in [0.15, 0.2) is 5.90 Å². The fourth-order valence-electron chi connectivity index (χ4n) is 2.58. The minimum atomic E-state index is 0. The molecule has 0 spiro atoms. The van der Waals surface area contributed by atoms with Crippen molar-refractivity contribution in [2.75, 3.05) is 6.54 Å². The summed E-state index contributed by atoms with van der Waals surface area (Å²) in [4.78, 5) is 5.84. The second kappa shape index (κ2) is 10.9. The summed E-state index contributed by atoms with van der Waals surface area (Å²) in [6.45, 7) is 7.34. The SMILES string of the molecule is CC(C)(C)[C@H]1CN=C([C]2[CH][CH][CH][C]2Sc2ccccc2)O1.[CH]1[CH][CH][CH][CH]1.[Fe+2]. The maximum Gasteiger partial charge on any atom is 2.00 e. The van der Waals surface area contributed by atoms with E-state index >= 15 is 0 Å². The number of hydrogen-bond donors (Lipinski definition) is 0. The summed E-state index contributed by atoms with van der Waals surface area (Å²) in [6.07, 6.45) is 16.5. The van der Waals surface area contributed by atoms with Gasteiger partial charge in [0.05, 0.1) is 17.7 Å². The van der Waals surface area contributed by atoms with E-state index < -0.39 is 0 Å². The number of thioether (sulfide) groups is 1. The zero-order chi connectivity index (χ0) is 18.4. The molecule has 2 nitrogen and oxygen atoms in total. The van der Waals surface area contributed by atoms with Gasteiger partial charge in [-0.1, -0.05) is 39.0 Å². The summed E-state index contributed by atoms with van der Waals surface area (Å²) in [5, 5.41) is 1.20. The summed E-state index contributed by atoms with van der Waals surface area (Å²) >= 11 is 1.76. The standard InChI is InChI=1S/C18H20NOS.C5H5.Fe/c1-18(2,3)16-12-19-17(20-16)14-10-7-11-15(14)21-13-8-5-4-6-9-13;1-2-4-5-3-1;/h4-11,16H,12H2,1-3H3;1-5H;/q;;+2/t16-;;/m1../s1. The van der Waals surface area contributed by atoms with E-state index in [1.54, 1.807) is 11.8 Å². The number of hydrogen-bond acceptors (Lipinski definition) is 3. The van der Waals surface area contributed by atoms with E-state index in [4.69, 9.17) is 4.74 Å².